The van der Waals surface area contributed by atoms with Gasteiger partial charge in [0, 0.05) is 37.4 Å². The van der Waals surface area contributed by atoms with Crippen molar-refractivity contribution >= 4 is 18.3 Å². The lowest BCUT2D eigenvalue weighted by molar-refractivity contribution is -0.123. The molecule has 1 aromatic heterocycles. The highest BCUT2D eigenvalue weighted by atomic mass is 35.5. The Bertz CT molecular complexity index is 716. The van der Waals surface area contributed by atoms with Crippen LogP contribution >= 0.6 is 12.4 Å². The lowest BCUT2D eigenvalue weighted by atomic mass is 9.80. The Morgan fingerprint density at radius 2 is 2.08 bits per heavy atom. The van der Waals surface area contributed by atoms with Crippen LogP contribution in [0.3, 0.4) is 0 Å². The topological polar surface area (TPSA) is 76.2 Å². The predicted octanol–water partition coefficient (Wildman–Crippen LogP) is 1.97. The van der Waals surface area contributed by atoms with E-state index in [1.165, 1.54) is 0 Å². The Labute approximate surface area is 161 Å². The number of nitrogens with two attached hydrogens (primary N) is 1. The van der Waals surface area contributed by atoms with E-state index >= 15 is 0 Å². The van der Waals surface area contributed by atoms with Gasteiger partial charge in [0.05, 0.1) is 18.4 Å². The number of hydrogen-bond acceptors (Lipinski definition) is 4. The van der Waals surface area contributed by atoms with E-state index in [-0.39, 0.29) is 29.8 Å². The van der Waals surface area contributed by atoms with Gasteiger partial charge >= 0.3 is 0 Å². The van der Waals surface area contributed by atoms with Gasteiger partial charge in [0.15, 0.2) is 0 Å². The summed E-state index contributed by atoms with van der Waals surface area (Å²) in [5, 5.41) is 7.33. The molecule has 6 nitrogen and oxygen atoms in total. The van der Waals surface area contributed by atoms with Crippen molar-refractivity contribution in [3.8, 4) is 5.69 Å². The number of rotatable bonds is 5. The van der Waals surface area contributed by atoms with E-state index < -0.39 is 0 Å². The number of halogens is 1. The second kappa shape index (κ2) is 8.66. The summed E-state index contributed by atoms with van der Waals surface area (Å²) >= 11 is 0. The van der Waals surface area contributed by atoms with Crippen LogP contribution in [0.4, 0.5) is 0 Å². The lowest BCUT2D eigenvalue weighted by Gasteiger charge is -2.42. The van der Waals surface area contributed by atoms with Gasteiger partial charge in [-0.2, -0.15) is 5.10 Å². The molecule has 142 valence electrons. The van der Waals surface area contributed by atoms with Gasteiger partial charge in [-0.15, -0.1) is 12.4 Å². The standard InChI is InChI=1S/C19H27N5O.ClH/c1-19(2)14-23(9-8-17(19)20)13-18(25)21-10-15-11-22-24(12-15)16-6-4-3-5-7-16;/h3-7,11-12,17H,8-10,13-14,20H2,1-2H3,(H,21,25);1H. The maximum Gasteiger partial charge on any atom is 0.234 e. The molecule has 0 saturated carbocycles. The Morgan fingerprint density at radius 3 is 2.77 bits per heavy atom. The van der Waals surface area contributed by atoms with Crippen molar-refractivity contribution in [2.24, 2.45) is 11.1 Å². The molecule has 1 aliphatic heterocycles. The maximum atomic E-state index is 12.2. The number of hydrogen-bond donors (Lipinski definition) is 2. The fourth-order valence-electron chi connectivity index (χ4n) is 3.25. The molecule has 1 fully saturated rings. The monoisotopic (exact) mass is 377 g/mol. The van der Waals surface area contributed by atoms with Crippen LogP contribution in [-0.2, 0) is 11.3 Å². The molecule has 1 aliphatic rings. The molecule has 1 atom stereocenters. The molecule has 0 aliphatic carbocycles. The van der Waals surface area contributed by atoms with E-state index in [4.69, 9.17) is 5.73 Å². The number of carbonyl (C=O) groups is 1. The summed E-state index contributed by atoms with van der Waals surface area (Å²) in [6.07, 6.45) is 4.67. The number of nitrogens with zero attached hydrogens (tertiary/aromatic N) is 3. The molecule has 1 unspecified atom stereocenters. The van der Waals surface area contributed by atoms with E-state index in [2.05, 4.69) is 29.2 Å². The molecule has 0 spiro atoms. The van der Waals surface area contributed by atoms with E-state index in [0.29, 0.717) is 13.1 Å². The number of nitrogens with one attached hydrogen (secondary N) is 1. The zero-order valence-electron chi connectivity index (χ0n) is 15.4. The fourth-order valence-corrected chi connectivity index (χ4v) is 3.25. The second-order valence-corrected chi connectivity index (χ2v) is 7.50. The number of carbonyl (C=O) groups excluding carboxylic acids is 1. The third kappa shape index (κ3) is 5.06. The van der Waals surface area contributed by atoms with E-state index in [1.54, 1.807) is 6.20 Å². The molecular weight excluding hydrogens is 350 g/mol. The van der Waals surface area contributed by atoms with Crippen LogP contribution < -0.4 is 11.1 Å². The Hall–Kier alpha value is -1.89. The van der Waals surface area contributed by atoms with E-state index in [1.807, 2.05) is 41.2 Å². The van der Waals surface area contributed by atoms with Gasteiger partial charge in [-0.05, 0) is 24.0 Å². The van der Waals surface area contributed by atoms with Crippen LogP contribution in [0.25, 0.3) is 5.69 Å². The van der Waals surface area contributed by atoms with Crippen LogP contribution in [0.5, 0.6) is 0 Å². The van der Waals surface area contributed by atoms with Crippen LogP contribution in [0.15, 0.2) is 42.7 Å². The van der Waals surface area contributed by atoms with Crippen LogP contribution in [0.1, 0.15) is 25.8 Å². The molecular formula is C19H28ClN5O. The van der Waals surface area contributed by atoms with Crippen molar-refractivity contribution in [2.75, 3.05) is 19.6 Å². The van der Waals surface area contributed by atoms with Gasteiger partial charge in [-0.25, -0.2) is 4.68 Å². The number of piperidine rings is 1. The van der Waals surface area contributed by atoms with Crippen molar-refractivity contribution < 1.29 is 4.79 Å². The first-order chi connectivity index (χ1) is 11.9. The first kappa shape index (κ1) is 20.4. The normalized spacial score (nSPS) is 19.6. The van der Waals surface area contributed by atoms with Crippen molar-refractivity contribution in [1.82, 2.24) is 20.0 Å². The molecule has 0 bridgehead atoms. The SMILES string of the molecule is CC1(C)CN(CC(=O)NCc2cnn(-c3ccccc3)c2)CCC1N.Cl. The number of para-hydroxylation sites is 1. The summed E-state index contributed by atoms with van der Waals surface area (Å²) in [6.45, 7) is 6.97. The second-order valence-electron chi connectivity index (χ2n) is 7.50. The molecule has 1 aromatic carbocycles. The van der Waals surface area contributed by atoms with E-state index in [0.717, 1.165) is 30.8 Å². The first-order valence-corrected chi connectivity index (χ1v) is 8.78. The summed E-state index contributed by atoms with van der Waals surface area (Å²) in [7, 11) is 0. The van der Waals surface area contributed by atoms with Crippen molar-refractivity contribution in [3.05, 3.63) is 48.3 Å². The molecule has 2 heterocycles. The van der Waals surface area contributed by atoms with Crippen LogP contribution in [-0.4, -0.2) is 46.3 Å². The molecule has 3 rings (SSSR count). The summed E-state index contributed by atoms with van der Waals surface area (Å²) < 4.78 is 1.82. The molecule has 7 heteroatoms. The smallest absolute Gasteiger partial charge is 0.234 e. The van der Waals surface area contributed by atoms with E-state index in [9.17, 15) is 4.79 Å². The van der Waals surface area contributed by atoms with Crippen LogP contribution in [0, 0.1) is 5.41 Å². The molecule has 2 aromatic rings. The highest BCUT2D eigenvalue weighted by molar-refractivity contribution is 5.85. The molecule has 1 amide bonds. The Kier molecular flexibility index (Phi) is 6.81. The van der Waals surface area contributed by atoms with Crippen molar-refractivity contribution in [3.63, 3.8) is 0 Å². The molecule has 26 heavy (non-hydrogen) atoms. The highest BCUT2D eigenvalue weighted by Gasteiger charge is 2.33. The zero-order valence-corrected chi connectivity index (χ0v) is 16.2. The quantitative estimate of drug-likeness (QED) is 0.835. The predicted molar refractivity (Wildman–Crippen MR) is 105 cm³/mol. The minimum absolute atomic E-state index is 0. The lowest BCUT2D eigenvalue weighted by Crippen LogP contribution is -2.54. The summed E-state index contributed by atoms with van der Waals surface area (Å²) in [5.74, 6) is 0.0405. The Morgan fingerprint density at radius 1 is 1.35 bits per heavy atom. The van der Waals surface area contributed by atoms with Crippen molar-refractivity contribution in [2.45, 2.75) is 32.9 Å². The third-order valence-corrected chi connectivity index (χ3v) is 4.90. The van der Waals surface area contributed by atoms with Gasteiger partial charge in [-0.3, -0.25) is 9.69 Å². The molecule has 3 N–H and O–H groups in total. The van der Waals surface area contributed by atoms with Gasteiger partial charge in [-0.1, -0.05) is 32.0 Å². The average molecular weight is 378 g/mol. The molecule has 1 saturated heterocycles. The third-order valence-electron chi connectivity index (χ3n) is 4.90. The maximum absolute atomic E-state index is 12.2. The fraction of sp³-hybridized carbons (Fsp3) is 0.474. The van der Waals surface area contributed by atoms with Crippen LogP contribution in [0.2, 0.25) is 0 Å². The summed E-state index contributed by atoms with van der Waals surface area (Å²) in [6, 6.07) is 10.1. The zero-order chi connectivity index (χ0) is 17.9. The van der Waals surface area contributed by atoms with Gasteiger partial charge < -0.3 is 11.1 Å². The highest BCUT2D eigenvalue weighted by Crippen LogP contribution is 2.27. The number of benzene rings is 1. The number of likely N-dealkylation sites (tertiary alicyclic amines) is 1. The largest absolute Gasteiger partial charge is 0.351 e. The van der Waals surface area contributed by atoms with Gasteiger partial charge in [0.1, 0.15) is 0 Å². The molecule has 0 radical (unpaired) electrons. The minimum Gasteiger partial charge on any atom is -0.351 e. The number of aromatic nitrogens is 2. The number of amides is 1. The van der Waals surface area contributed by atoms with Gasteiger partial charge in [0.25, 0.3) is 0 Å². The first-order valence-electron chi connectivity index (χ1n) is 8.78. The average Bonchev–Trinajstić information content (AvgIpc) is 3.06. The van der Waals surface area contributed by atoms with Crippen molar-refractivity contribution in [1.29, 1.82) is 0 Å². The summed E-state index contributed by atoms with van der Waals surface area (Å²) in [4.78, 5) is 14.4. The minimum atomic E-state index is 0. The van der Waals surface area contributed by atoms with Gasteiger partial charge in [0.2, 0.25) is 5.91 Å². The Balaban J connectivity index is 0.00000243. The summed E-state index contributed by atoms with van der Waals surface area (Å²) in [5.41, 5.74) is 8.20.